The maximum atomic E-state index is 11.6. The molecule has 0 heterocycles. The zero-order valence-electron chi connectivity index (χ0n) is 10.6. The van der Waals surface area contributed by atoms with E-state index in [1.807, 2.05) is 0 Å². The van der Waals surface area contributed by atoms with Gasteiger partial charge >= 0.3 is 0 Å². The molecule has 8 heteroatoms. The number of halogens is 2. The highest BCUT2D eigenvalue weighted by Crippen LogP contribution is 2.76. The fourth-order valence-electron chi connectivity index (χ4n) is 6.10. The predicted molar refractivity (Wildman–Crippen MR) is 76.7 cm³/mol. The lowest BCUT2D eigenvalue weighted by Gasteiger charge is -2.26. The van der Waals surface area contributed by atoms with Gasteiger partial charge in [0, 0.05) is 65.4 Å². The molecule has 20 heavy (non-hydrogen) atoms. The standard InChI is InChI=1S/C12H14Br2N2O4/c13-11(15(17)18)5-1-2-6-9(5)10-7(11)3-4-8(10)12(6,14)16(19)20/h5-10H,1-4H2/t5-,6-,7-,8-,9?,10?,11?,12?/m1/s1. The van der Waals surface area contributed by atoms with Gasteiger partial charge in [0.25, 0.3) is 8.90 Å². The summed E-state index contributed by atoms with van der Waals surface area (Å²) in [6.45, 7) is 0. The van der Waals surface area contributed by atoms with Gasteiger partial charge in [0.05, 0.1) is 0 Å². The fourth-order valence-corrected chi connectivity index (χ4v) is 8.24. The molecule has 0 aromatic rings. The van der Waals surface area contributed by atoms with E-state index in [9.17, 15) is 20.2 Å². The Labute approximate surface area is 132 Å². The first-order chi connectivity index (χ1) is 9.34. The molecule has 0 aromatic carbocycles. The van der Waals surface area contributed by atoms with Crippen LogP contribution in [0.4, 0.5) is 0 Å². The summed E-state index contributed by atoms with van der Waals surface area (Å²) in [5.74, 6) is 0.0304. The predicted octanol–water partition coefficient (Wildman–Crippen LogP) is 3.03. The highest BCUT2D eigenvalue weighted by molar-refractivity contribution is 9.10. The second-order valence-corrected chi connectivity index (χ2v) is 9.25. The number of nitro groups is 2. The normalized spacial score (nSPS) is 58.9. The summed E-state index contributed by atoms with van der Waals surface area (Å²) < 4.78 is -2.09. The fraction of sp³-hybridized carbons (Fsp3) is 1.00. The van der Waals surface area contributed by atoms with Gasteiger partial charge in [-0.25, -0.2) is 0 Å². The lowest BCUT2D eigenvalue weighted by molar-refractivity contribution is -0.557. The van der Waals surface area contributed by atoms with Crippen LogP contribution < -0.4 is 0 Å². The number of alkyl halides is 2. The van der Waals surface area contributed by atoms with Gasteiger partial charge in [-0.1, -0.05) is 0 Å². The van der Waals surface area contributed by atoms with E-state index in [-0.39, 0.29) is 45.4 Å². The Balaban J connectivity index is 1.86. The van der Waals surface area contributed by atoms with E-state index in [4.69, 9.17) is 0 Å². The third-order valence-electron chi connectivity index (χ3n) is 6.52. The first kappa shape index (κ1) is 13.4. The molecule has 0 N–H and O–H groups in total. The van der Waals surface area contributed by atoms with Crippen LogP contribution in [-0.4, -0.2) is 18.7 Å². The zero-order valence-corrected chi connectivity index (χ0v) is 13.7. The molecule has 4 aliphatic carbocycles. The van der Waals surface area contributed by atoms with Crippen LogP contribution in [0.15, 0.2) is 0 Å². The van der Waals surface area contributed by atoms with Crippen LogP contribution >= 0.6 is 31.9 Å². The largest absolute Gasteiger partial charge is 0.280 e. The van der Waals surface area contributed by atoms with Crippen molar-refractivity contribution < 1.29 is 9.85 Å². The summed E-state index contributed by atoms with van der Waals surface area (Å²) in [6, 6.07) is 0. The maximum Gasteiger partial charge on any atom is 0.280 e. The Morgan fingerprint density at radius 2 is 1.00 bits per heavy atom. The molecule has 4 saturated carbocycles. The molecule has 6 nitrogen and oxygen atoms in total. The van der Waals surface area contributed by atoms with Crippen molar-refractivity contribution in [3.05, 3.63) is 20.2 Å². The van der Waals surface area contributed by atoms with Crippen molar-refractivity contribution in [2.45, 2.75) is 34.6 Å². The lowest BCUT2D eigenvalue weighted by Crippen LogP contribution is -2.44. The van der Waals surface area contributed by atoms with Gasteiger partial charge in [-0.3, -0.25) is 20.2 Å². The topological polar surface area (TPSA) is 86.3 Å². The summed E-state index contributed by atoms with van der Waals surface area (Å²) in [5.41, 5.74) is 0. The Hall–Kier alpha value is -0.240. The van der Waals surface area contributed by atoms with Gasteiger partial charge in [0.2, 0.25) is 0 Å². The minimum Gasteiger partial charge on any atom is -0.263 e. The molecule has 110 valence electrons. The molecule has 0 saturated heterocycles. The van der Waals surface area contributed by atoms with Crippen molar-refractivity contribution in [2.24, 2.45) is 35.5 Å². The third kappa shape index (κ3) is 1.15. The Morgan fingerprint density at radius 3 is 1.20 bits per heavy atom. The van der Waals surface area contributed by atoms with Crippen LogP contribution in [0, 0.1) is 55.7 Å². The smallest absolute Gasteiger partial charge is 0.263 e. The maximum absolute atomic E-state index is 11.6. The first-order valence-electron chi connectivity index (χ1n) is 7.01. The Morgan fingerprint density at radius 1 is 0.750 bits per heavy atom. The van der Waals surface area contributed by atoms with Crippen molar-refractivity contribution in [1.29, 1.82) is 0 Å². The highest BCUT2D eigenvalue weighted by Gasteiger charge is 2.83. The van der Waals surface area contributed by atoms with Crippen molar-refractivity contribution in [2.75, 3.05) is 0 Å². The molecule has 4 rings (SSSR count). The molecule has 4 fully saturated rings. The van der Waals surface area contributed by atoms with Gasteiger partial charge in [-0.05, 0) is 37.5 Å². The number of nitrogens with zero attached hydrogens (tertiary/aromatic N) is 2. The lowest BCUT2D eigenvalue weighted by atomic mass is 9.90. The molecule has 4 aliphatic rings. The first-order valence-corrected chi connectivity index (χ1v) is 8.60. The SMILES string of the molecule is O=[N+]([O-])C1(Br)[C@@H]2CC[C@@H]3C2C2[C@H]1CC[C@H]2C3(Br)[N+](=O)[O-]. The third-order valence-corrected chi connectivity index (χ3v) is 9.45. The van der Waals surface area contributed by atoms with E-state index < -0.39 is 8.90 Å². The monoisotopic (exact) mass is 408 g/mol. The van der Waals surface area contributed by atoms with E-state index >= 15 is 0 Å². The Kier molecular flexibility index (Phi) is 2.51. The molecule has 4 atom stereocenters. The molecule has 0 radical (unpaired) electrons. The molecule has 0 spiro atoms. The van der Waals surface area contributed by atoms with E-state index in [0.717, 1.165) is 25.7 Å². The molecular formula is C12H14Br2N2O4. The average Bonchev–Trinajstić information content (AvgIpc) is 3.05. The van der Waals surface area contributed by atoms with Crippen molar-refractivity contribution in [3.8, 4) is 0 Å². The van der Waals surface area contributed by atoms with Crippen LogP contribution in [0.2, 0.25) is 0 Å². The molecular weight excluding hydrogens is 396 g/mol. The highest BCUT2D eigenvalue weighted by atomic mass is 79.9. The summed E-state index contributed by atoms with van der Waals surface area (Å²) in [6.07, 6.45) is 2.90. The second kappa shape index (κ2) is 3.74. The van der Waals surface area contributed by atoms with Crippen LogP contribution in [-0.2, 0) is 0 Å². The van der Waals surface area contributed by atoms with Crippen molar-refractivity contribution >= 4 is 31.9 Å². The quantitative estimate of drug-likeness (QED) is 0.303. The van der Waals surface area contributed by atoms with E-state index in [2.05, 4.69) is 31.9 Å². The van der Waals surface area contributed by atoms with Gasteiger partial charge < -0.3 is 0 Å². The van der Waals surface area contributed by atoms with Crippen molar-refractivity contribution in [1.82, 2.24) is 0 Å². The summed E-state index contributed by atoms with van der Waals surface area (Å²) in [7, 11) is 0. The summed E-state index contributed by atoms with van der Waals surface area (Å²) >= 11 is 6.93. The second-order valence-electron chi connectivity index (χ2n) is 6.70. The molecule has 0 bridgehead atoms. The minimum atomic E-state index is -1.04. The van der Waals surface area contributed by atoms with E-state index in [0.29, 0.717) is 0 Å². The van der Waals surface area contributed by atoms with Crippen LogP contribution in [0.3, 0.4) is 0 Å². The van der Waals surface area contributed by atoms with Crippen LogP contribution in [0.5, 0.6) is 0 Å². The van der Waals surface area contributed by atoms with Gasteiger partial charge in [-0.15, -0.1) is 0 Å². The molecule has 0 aliphatic heterocycles. The van der Waals surface area contributed by atoms with Crippen LogP contribution in [0.25, 0.3) is 0 Å². The van der Waals surface area contributed by atoms with Gasteiger partial charge in [0.15, 0.2) is 0 Å². The summed E-state index contributed by atoms with van der Waals surface area (Å²) in [5, 5.41) is 23.3. The molecule has 0 amide bonds. The number of rotatable bonds is 2. The number of hydrogen-bond acceptors (Lipinski definition) is 4. The van der Waals surface area contributed by atoms with Gasteiger partial charge in [0.1, 0.15) is 0 Å². The van der Waals surface area contributed by atoms with E-state index in [1.165, 1.54) is 0 Å². The molecule has 0 aromatic heterocycles. The zero-order chi connectivity index (χ0) is 14.4. The molecule has 0 unspecified atom stereocenters. The van der Waals surface area contributed by atoms with Crippen LogP contribution in [0.1, 0.15) is 25.7 Å². The van der Waals surface area contributed by atoms with E-state index in [1.54, 1.807) is 0 Å². The Bertz CT molecular complexity index is 458. The minimum absolute atomic E-state index is 0.0559. The van der Waals surface area contributed by atoms with Crippen molar-refractivity contribution in [3.63, 3.8) is 0 Å². The van der Waals surface area contributed by atoms with Gasteiger partial charge in [-0.2, -0.15) is 0 Å². The number of hydrogen-bond donors (Lipinski definition) is 0. The summed E-state index contributed by atoms with van der Waals surface area (Å²) in [4.78, 5) is 23.0. The average molecular weight is 410 g/mol.